The zero-order chi connectivity index (χ0) is 9.26. The third-order valence-electron chi connectivity index (χ3n) is 2.54. The second kappa shape index (κ2) is 3.12. The first-order valence-electron chi connectivity index (χ1n) is 4.33. The maximum Gasteiger partial charge on any atom is 0.337 e. The van der Waals surface area contributed by atoms with E-state index in [9.17, 15) is 4.79 Å². The fraction of sp³-hybridized carbons (Fsp3) is 0.444. The molecule has 1 aromatic rings. The second-order valence-electron chi connectivity index (χ2n) is 3.29. The van der Waals surface area contributed by atoms with Gasteiger partial charge in [0.1, 0.15) is 0 Å². The molecule has 0 spiro atoms. The topological polar surface area (TPSA) is 63.1 Å². The lowest BCUT2D eigenvalue weighted by Gasteiger charge is -2.26. The van der Waals surface area contributed by atoms with Gasteiger partial charge in [-0.05, 0) is 24.3 Å². The van der Waals surface area contributed by atoms with Crippen LogP contribution in [0.4, 0.5) is 0 Å². The van der Waals surface area contributed by atoms with E-state index in [0.29, 0.717) is 11.5 Å². The van der Waals surface area contributed by atoms with Gasteiger partial charge in [0.25, 0.3) is 0 Å². The zero-order valence-corrected chi connectivity index (χ0v) is 7.10. The molecule has 1 aliphatic rings. The molecule has 1 saturated carbocycles. The van der Waals surface area contributed by atoms with E-state index in [4.69, 9.17) is 5.11 Å². The highest BCUT2D eigenvalue weighted by Crippen LogP contribution is 2.37. The number of hydrogen-bond donors (Lipinski definition) is 1. The van der Waals surface area contributed by atoms with Gasteiger partial charge in [-0.15, -0.1) is 0 Å². The Balaban J connectivity index is 2.36. The van der Waals surface area contributed by atoms with Gasteiger partial charge >= 0.3 is 5.97 Å². The van der Waals surface area contributed by atoms with Crippen molar-refractivity contribution in [2.75, 3.05) is 0 Å². The summed E-state index contributed by atoms with van der Waals surface area (Å²) in [5.74, 6) is -0.515. The molecule has 0 saturated heterocycles. The van der Waals surface area contributed by atoms with Gasteiger partial charge < -0.3 is 5.11 Å². The Morgan fingerprint density at radius 1 is 1.38 bits per heavy atom. The molecule has 4 heteroatoms. The predicted octanol–water partition coefficient (Wildman–Crippen LogP) is 1.44. The average Bonchev–Trinajstić information content (AvgIpc) is 2.02. The van der Waals surface area contributed by atoms with Gasteiger partial charge in [0.2, 0.25) is 0 Å². The largest absolute Gasteiger partial charge is 0.478 e. The molecule has 1 heterocycles. The molecule has 68 valence electrons. The minimum atomic E-state index is -0.906. The minimum Gasteiger partial charge on any atom is -0.478 e. The number of rotatable bonds is 2. The Bertz CT molecular complexity index is 334. The minimum absolute atomic E-state index is 0.305. The van der Waals surface area contributed by atoms with Crippen LogP contribution in [0.5, 0.6) is 0 Å². The van der Waals surface area contributed by atoms with Crippen LogP contribution in [0.15, 0.2) is 12.4 Å². The van der Waals surface area contributed by atoms with E-state index in [1.165, 1.54) is 12.6 Å². The number of aromatic nitrogens is 2. The predicted molar refractivity (Wildman–Crippen MR) is 45.6 cm³/mol. The molecular weight excluding hydrogens is 168 g/mol. The fourth-order valence-corrected chi connectivity index (χ4v) is 1.55. The van der Waals surface area contributed by atoms with Gasteiger partial charge in [-0.3, -0.25) is 0 Å². The van der Waals surface area contributed by atoms with E-state index in [2.05, 4.69) is 10.2 Å². The number of aromatic carboxylic acids is 1. The third-order valence-corrected chi connectivity index (χ3v) is 2.54. The number of carboxylic acids is 1. The SMILES string of the molecule is O=C(O)c1cnncc1C1CCC1. The Kier molecular flexibility index (Phi) is 1.96. The van der Waals surface area contributed by atoms with Crippen molar-refractivity contribution in [3.63, 3.8) is 0 Å². The molecular formula is C9H10N2O2. The quantitative estimate of drug-likeness (QED) is 0.744. The molecule has 1 aliphatic carbocycles. The van der Waals surface area contributed by atoms with Crippen LogP contribution in [0, 0.1) is 0 Å². The molecule has 0 radical (unpaired) electrons. The smallest absolute Gasteiger partial charge is 0.337 e. The van der Waals surface area contributed by atoms with Crippen molar-refractivity contribution in [2.45, 2.75) is 25.2 Å². The van der Waals surface area contributed by atoms with Crippen LogP contribution in [0.2, 0.25) is 0 Å². The Morgan fingerprint density at radius 3 is 2.62 bits per heavy atom. The third kappa shape index (κ3) is 1.39. The Labute approximate surface area is 75.6 Å². The molecule has 0 amide bonds. The molecule has 0 aromatic carbocycles. The van der Waals surface area contributed by atoms with E-state index < -0.39 is 5.97 Å². The van der Waals surface area contributed by atoms with Crippen LogP contribution in [-0.4, -0.2) is 21.3 Å². The first-order valence-corrected chi connectivity index (χ1v) is 4.33. The van der Waals surface area contributed by atoms with Crippen LogP contribution in [0.1, 0.15) is 41.1 Å². The summed E-state index contributed by atoms with van der Waals surface area (Å²) >= 11 is 0. The summed E-state index contributed by atoms with van der Waals surface area (Å²) in [7, 11) is 0. The Hall–Kier alpha value is -1.45. The molecule has 0 atom stereocenters. The lowest BCUT2D eigenvalue weighted by atomic mass is 9.79. The van der Waals surface area contributed by atoms with Crippen LogP contribution in [0.25, 0.3) is 0 Å². The van der Waals surface area contributed by atoms with Crippen molar-refractivity contribution in [1.29, 1.82) is 0 Å². The summed E-state index contributed by atoms with van der Waals surface area (Å²) < 4.78 is 0. The van der Waals surface area contributed by atoms with Crippen molar-refractivity contribution >= 4 is 5.97 Å². The maximum absolute atomic E-state index is 10.8. The molecule has 13 heavy (non-hydrogen) atoms. The van der Waals surface area contributed by atoms with Crippen LogP contribution >= 0.6 is 0 Å². The number of hydrogen-bond acceptors (Lipinski definition) is 3. The van der Waals surface area contributed by atoms with Gasteiger partial charge in [0.15, 0.2) is 0 Å². The van der Waals surface area contributed by atoms with Crippen LogP contribution in [0.3, 0.4) is 0 Å². The Morgan fingerprint density at radius 2 is 2.08 bits per heavy atom. The molecule has 0 bridgehead atoms. The van der Waals surface area contributed by atoms with E-state index in [1.54, 1.807) is 6.20 Å². The van der Waals surface area contributed by atoms with Gasteiger partial charge in [-0.25, -0.2) is 4.79 Å². The standard InChI is InChI=1S/C9H10N2O2/c12-9(13)8-5-11-10-4-7(8)6-2-1-3-6/h4-6H,1-3H2,(H,12,13). The van der Waals surface area contributed by atoms with Gasteiger partial charge in [-0.1, -0.05) is 6.42 Å². The highest BCUT2D eigenvalue weighted by atomic mass is 16.4. The lowest BCUT2D eigenvalue weighted by molar-refractivity contribution is 0.0693. The van der Waals surface area contributed by atoms with Crippen molar-refractivity contribution in [1.82, 2.24) is 10.2 Å². The van der Waals surface area contributed by atoms with E-state index in [1.807, 2.05) is 0 Å². The van der Waals surface area contributed by atoms with Gasteiger partial charge in [0, 0.05) is 0 Å². The normalized spacial score (nSPS) is 16.6. The summed E-state index contributed by atoms with van der Waals surface area (Å²) in [6.07, 6.45) is 6.24. The molecule has 1 aromatic heterocycles. The van der Waals surface area contributed by atoms with Crippen molar-refractivity contribution in [3.05, 3.63) is 23.5 Å². The molecule has 1 N–H and O–H groups in total. The second-order valence-corrected chi connectivity index (χ2v) is 3.29. The molecule has 1 fully saturated rings. The highest BCUT2D eigenvalue weighted by molar-refractivity contribution is 5.89. The molecule has 0 unspecified atom stereocenters. The summed E-state index contributed by atoms with van der Waals surface area (Å²) in [6.45, 7) is 0. The summed E-state index contributed by atoms with van der Waals surface area (Å²) in [4.78, 5) is 10.8. The average molecular weight is 178 g/mol. The van der Waals surface area contributed by atoms with E-state index in [-0.39, 0.29) is 0 Å². The van der Waals surface area contributed by atoms with Crippen molar-refractivity contribution in [3.8, 4) is 0 Å². The van der Waals surface area contributed by atoms with E-state index >= 15 is 0 Å². The number of nitrogens with zero attached hydrogens (tertiary/aromatic N) is 2. The molecule has 4 nitrogen and oxygen atoms in total. The highest BCUT2D eigenvalue weighted by Gasteiger charge is 2.24. The van der Waals surface area contributed by atoms with Gasteiger partial charge in [-0.2, -0.15) is 10.2 Å². The first kappa shape index (κ1) is 8.16. The van der Waals surface area contributed by atoms with Crippen molar-refractivity contribution < 1.29 is 9.90 Å². The summed E-state index contributed by atoms with van der Waals surface area (Å²) in [5, 5.41) is 16.2. The fourth-order valence-electron chi connectivity index (χ4n) is 1.55. The lowest BCUT2D eigenvalue weighted by Crippen LogP contribution is -2.14. The van der Waals surface area contributed by atoms with E-state index in [0.717, 1.165) is 18.4 Å². The van der Waals surface area contributed by atoms with Crippen molar-refractivity contribution in [2.24, 2.45) is 0 Å². The number of carbonyl (C=O) groups is 1. The monoisotopic (exact) mass is 178 g/mol. The zero-order valence-electron chi connectivity index (χ0n) is 7.10. The van der Waals surface area contributed by atoms with Crippen LogP contribution < -0.4 is 0 Å². The summed E-state index contributed by atoms with van der Waals surface area (Å²) in [5.41, 5.74) is 1.15. The van der Waals surface area contributed by atoms with Gasteiger partial charge in [0.05, 0.1) is 18.0 Å². The molecule has 2 rings (SSSR count). The number of carboxylic acid groups (broad SMARTS) is 1. The summed E-state index contributed by atoms with van der Waals surface area (Å²) in [6, 6.07) is 0. The molecule has 0 aliphatic heterocycles. The first-order chi connectivity index (χ1) is 6.29. The van der Waals surface area contributed by atoms with Crippen LogP contribution in [-0.2, 0) is 0 Å². The maximum atomic E-state index is 10.8.